The number of benzene rings is 1. The van der Waals surface area contributed by atoms with Crippen LogP contribution in [-0.2, 0) is 11.3 Å². The standard InChI is InChI=1S/C15H21ClF3N3O.HI/c1-20-14(21-8-5-9-23-11-15(17,18)19)22(2)10-12-6-3-4-7-13(12)16;/h3-4,6-7H,5,8-11H2,1-2H3,(H,20,21);1H. The summed E-state index contributed by atoms with van der Waals surface area (Å²) >= 11 is 6.12. The summed E-state index contributed by atoms with van der Waals surface area (Å²) in [6, 6.07) is 7.51. The summed E-state index contributed by atoms with van der Waals surface area (Å²) in [7, 11) is 3.50. The maximum absolute atomic E-state index is 11.9. The van der Waals surface area contributed by atoms with Crippen LogP contribution < -0.4 is 5.32 Å². The van der Waals surface area contributed by atoms with Gasteiger partial charge in [-0.15, -0.1) is 24.0 Å². The summed E-state index contributed by atoms with van der Waals surface area (Å²) in [6.45, 7) is -0.132. The Hall–Kier alpha value is -0.740. The van der Waals surface area contributed by atoms with E-state index >= 15 is 0 Å². The van der Waals surface area contributed by atoms with Crippen LogP contribution in [0.3, 0.4) is 0 Å². The van der Waals surface area contributed by atoms with Gasteiger partial charge in [0.15, 0.2) is 5.96 Å². The highest BCUT2D eigenvalue weighted by molar-refractivity contribution is 14.0. The van der Waals surface area contributed by atoms with Crippen molar-refractivity contribution in [2.24, 2.45) is 4.99 Å². The monoisotopic (exact) mass is 479 g/mol. The molecule has 138 valence electrons. The Morgan fingerprint density at radius 2 is 2.00 bits per heavy atom. The fourth-order valence-corrected chi connectivity index (χ4v) is 2.10. The topological polar surface area (TPSA) is 36.9 Å². The molecule has 0 spiro atoms. The molecule has 0 radical (unpaired) electrons. The molecule has 0 saturated carbocycles. The fraction of sp³-hybridized carbons (Fsp3) is 0.533. The molecule has 1 N–H and O–H groups in total. The molecule has 0 fully saturated rings. The number of alkyl halides is 3. The molecule has 1 aromatic carbocycles. The van der Waals surface area contributed by atoms with Crippen LogP contribution in [0.5, 0.6) is 0 Å². The molecule has 4 nitrogen and oxygen atoms in total. The van der Waals surface area contributed by atoms with Gasteiger partial charge in [-0.2, -0.15) is 13.2 Å². The van der Waals surface area contributed by atoms with Crippen molar-refractivity contribution in [1.82, 2.24) is 10.2 Å². The molecular formula is C15H22ClF3IN3O. The average Bonchev–Trinajstić information content (AvgIpc) is 2.47. The van der Waals surface area contributed by atoms with Gasteiger partial charge >= 0.3 is 6.18 Å². The second-order valence-corrected chi connectivity index (χ2v) is 5.35. The molecule has 0 aromatic heterocycles. The normalized spacial score (nSPS) is 11.8. The van der Waals surface area contributed by atoms with Crippen molar-refractivity contribution in [3.8, 4) is 0 Å². The SMILES string of the molecule is CN=C(NCCCOCC(F)(F)F)N(C)Cc1ccccc1Cl.I. The van der Waals surface area contributed by atoms with Gasteiger partial charge in [-0.3, -0.25) is 4.99 Å². The fourth-order valence-electron chi connectivity index (χ4n) is 1.90. The van der Waals surface area contributed by atoms with Crippen molar-refractivity contribution >= 4 is 41.5 Å². The minimum Gasteiger partial charge on any atom is -0.372 e. The lowest BCUT2D eigenvalue weighted by molar-refractivity contribution is -0.173. The number of nitrogens with one attached hydrogen (secondary N) is 1. The minimum atomic E-state index is -4.28. The number of hydrogen-bond acceptors (Lipinski definition) is 2. The summed E-state index contributed by atoms with van der Waals surface area (Å²) in [6.07, 6.45) is -3.83. The Kier molecular flexibility index (Phi) is 11.4. The van der Waals surface area contributed by atoms with E-state index < -0.39 is 12.8 Å². The summed E-state index contributed by atoms with van der Waals surface area (Å²) in [5.74, 6) is 0.640. The molecule has 0 saturated heterocycles. The van der Waals surface area contributed by atoms with Gasteiger partial charge in [-0.05, 0) is 18.1 Å². The number of rotatable bonds is 7. The summed E-state index contributed by atoms with van der Waals surface area (Å²) < 4.78 is 40.3. The predicted molar refractivity (Wildman–Crippen MR) is 101 cm³/mol. The molecule has 1 aromatic rings. The van der Waals surface area contributed by atoms with E-state index in [2.05, 4.69) is 15.0 Å². The first kappa shape index (κ1) is 23.3. The van der Waals surface area contributed by atoms with Crippen LogP contribution in [0.15, 0.2) is 29.3 Å². The maximum atomic E-state index is 11.9. The Morgan fingerprint density at radius 3 is 2.58 bits per heavy atom. The Morgan fingerprint density at radius 1 is 1.33 bits per heavy atom. The second-order valence-electron chi connectivity index (χ2n) is 4.94. The molecule has 0 amide bonds. The highest BCUT2D eigenvalue weighted by atomic mass is 127. The van der Waals surface area contributed by atoms with E-state index in [1.807, 2.05) is 36.2 Å². The molecule has 0 aliphatic rings. The van der Waals surface area contributed by atoms with E-state index in [0.717, 1.165) is 5.56 Å². The Labute approximate surface area is 162 Å². The third-order valence-electron chi connectivity index (χ3n) is 2.95. The van der Waals surface area contributed by atoms with E-state index in [1.165, 1.54) is 0 Å². The lowest BCUT2D eigenvalue weighted by Crippen LogP contribution is -2.39. The molecule has 0 unspecified atom stereocenters. The van der Waals surface area contributed by atoms with Gasteiger partial charge in [0.2, 0.25) is 0 Å². The summed E-state index contributed by atoms with van der Waals surface area (Å²) in [4.78, 5) is 6.03. The molecule has 1 rings (SSSR count). The first-order valence-corrected chi connectivity index (χ1v) is 7.51. The van der Waals surface area contributed by atoms with E-state index in [4.69, 9.17) is 11.6 Å². The maximum Gasteiger partial charge on any atom is 0.411 e. The van der Waals surface area contributed by atoms with Crippen molar-refractivity contribution in [2.45, 2.75) is 19.1 Å². The van der Waals surface area contributed by atoms with Crippen LogP contribution in [0, 0.1) is 0 Å². The number of guanidine groups is 1. The molecule has 0 aliphatic heterocycles. The highest BCUT2D eigenvalue weighted by Crippen LogP contribution is 2.16. The zero-order valence-corrected chi connectivity index (χ0v) is 16.7. The van der Waals surface area contributed by atoms with Crippen LogP contribution in [0.2, 0.25) is 5.02 Å². The largest absolute Gasteiger partial charge is 0.411 e. The van der Waals surface area contributed by atoms with Gasteiger partial charge in [0.05, 0.1) is 0 Å². The van der Waals surface area contributed by atoms with Crippen LogP contribution in [0.4, 0.5) is 13.2 Å². The van der Waals surface area contributed by atoms with Crippen molar-refractivity contribution < 1.29 is 17.9 Å². The smallest absolute Gasteiger partial charge is 0.372 e. The van der Waals surface area contributed by atoms with Crippen LogP contribution in [-0.4, -0.2) is 50.9 Å². The van der Waals surface area contributed by atoms with Gasteiger partial charge in [-0.1, -0.05) is 29.8 Å². The van der Waals surface area contributed by atoms with Crippen molar-refractivity contribution in [3.05, 3.63) is 34.9 Å². The average molecular weight is 480 g/mol. The van der Waals surface area contributed by atoms with E-state index in [0.29, 0.717) is 30.5 Å². The van der Waals surface area contributed by atoms with Crippen LogP contribution in [0.25, 0.3) is 0 Å². The first-order chi connectivity index (χ1) is 10.8. The molecular weight excluding hydrogens is 458 g/mol. The van der Waals surface area contributed by atoms with E-state index in [9.17, 15) is 13.2 Å². The van der Waals surface area contributed by atoms with Gasteiger partial charge in [0, 0.05) is 38.8 Å². The molecule has 9 heteroatoms. The van der Waals surface area contributed by atoms with Gasteiger partial charge in [0.1, 0.15) is 6.61 Å². The first-order valence-electron chi connectivity index (χ1n) is 7.13. The Balaban J connectivity index is 0.00000529. The second kappa shape index (κ2) is 11.8. The van der Waals surface area contributed by atoms with Crippen molar-refractivity contribution in [2.75, 3.05) is 33.9 Å². The van der Waals surface area contributed by atoms with Crippen LogP contribution >= 0.6 is 35.6 Å². The molecule has 0 aliphatic carbocycles. The molecule has 0 bridgehead atoms. The third kappa shape index (κ3) is 9.53. The van der Waals surface area contributed by atoms with Gasteiger partial charge in [0.25, 0.3) is 0 Å². The predicted octanol–water partition coefficient (Wildman–Crippen LogP) is 3.93. The van der Waals surface area contributed by atoms with Crippen molar-refractivity contribution in [1.29, 1.82) is 0 Å². The van der Waals surface area contributed by atoms with E-state index in [1.54, 1.807) is 7.05 Å². The number of halogens is 5. The zero-order chi connectivity index (χ0) is 17.3. The molecule has 0 atom stereocenters. The quantitative estimate of drug-likeness (QED) is 0.279. The Bertz CT molecular complexity index is 515. The third-order valence-corrected chi connectivity index (χ3v) is 3.32. The summed E-state index contributed by atoms with van der Waals surface area (Å²) in [5, 5.41) is 3.75. The van der Waals surface area contributed by atoms with E-state index in [-0.39, 0.29) is 30.6 Å². The highest BCUT2D eigenvalue weighted by Gasteiger charge is 2.27. The molecule has 0 heterocycles. The number of nitrogens with zero attached hydrogens (tertiary/aromatic N) is 2. The lowest BCUT2D eigenvalue weighted by Gasteiger charge is -2.22. The molecule has 24 heavy (non-hydrogen) atoms. The minimum absolute atomic E-state index is 0. The van der Waals surface area contributed by atoms with Gasteiger partial charge < -0.3 is 15.0 Å². The van der Waals surface area contributed by atoms with Crippen molar-refractivity contribution in [3.63, 3.8) is 0 Å². The number of aliphatic imine (C=N–C) groups is 1. The van der Waals surface area contributed by atoms with Gasteiger partial charge in [-0.25, -0.2) is 0 Å². The number of ether oxygens (including phenoxy) is 1. The lowest BCUT2D eigenvalue weighted by atomic mass is 10.2. The van der Waals surface area contributed by atoms with Crippen LogP contribution in [0.1, 0.15) is 12.0 Å². The summed E-state index contributed by atoms with van der Waals surface area (Å²) in [5.41, 5.74) is 0.966. The number of hydrogen-bond donors (Lipinski definition) is 1. The zero-order valence-electron chi connectivity index (χ0n) is 13.6.